The van der Waals surface area contributed by atoms with Crippen LogP contribution in [0, 0.1) is 11.6 Å². The van der Waals surface area contributed by atoms with Crippen LogP contribution in [0.2, 0.25) is 0 Å². The Labute approximate surface area is 377 Å². The molecule has 4 aromatic carbocycles. The topological polar surface area (TPSA) is 196 Å². The van der Waals surface area contributed by atoms with Gasteiger partial charge in [0.2, 0.25) is 11.8 Å². The number of aromatic nitrogens is 3. The Balaban J connectivity index is 0.920. The number of aromatic amines is 1. The minimum absolute atomic E-state index is 0.0177. The number of hydrogen-bond donors (Lipinski definition) is 3. The Hall–Kier alpha value is -7.86. The lowest BCUT2D eigenvalue weighted by Crippen LogP contribution is -2.53. The van der Waals surface area contributed by atoms with Crippen molar-refractivity contribution in [2.75, 3.05) is 64.3 Å². The van der Waals surface area contributed by atoms with Crippen molar-refractivity contribution in [2.24, 2.45) is 0 Å². The fraction of sp³-hybridized carbons (Fsp3) is 0.250. The van der Waals surface area contributed by atoms with Crippen molar-refractivity contribution in [1.29, 1.82) is 0 Å². The fourth-order valence-electron chi connectivity index (χ4n) is 7.34. The lowest BCUT2D eigenvalue weighted by atomic mass is 10.0. The molecule has 340 valence electrons. The molecule has 0 radical (unpaired) electrons. The summed E-state index contributed by atoms with van der Waals surface area (Å²) in [5, 5.41) is 13.1. The summed E-state index contributed by atoms with van der Waals surface area (Å²) in [6, 6.07) is 27.6. The molecule has 0 atom stereocenters. The lowest BCUT2D eigenvalue weighted by Gasteiger charge is -2.36. The van der Waals surface area contributed by atoms with Gasteiger partial charge in [0.1, 0.15) is 24.8 Å². The van der Waals surface area contributed by atoms with Gasteiger partial charge < -0.3 is 29.9 Å². The molecule has 1 aliphatic rings. The van der Waals surface area contributed by atoms with Gasteiger partial charge in [-0.1, -0.05) is 66.7 Å². The van der Waals surface area contributed by atoms with Crippen LogP contribution in [0.1, 0.15) is 44.6 Å². The van der Waals surface area contributed by atoms with E-state index in [9.17, 15) is 33.2 Å². The molecule has 3 N–H and O–H groups in total. The number of hydrogen-bond acceptors (Lipinski definition) is 10. The Morgan fingerprint density at radius 1 is 0.803 bits per heavy atom. The van der Waals surface area contributed by atoms with Crippen molar-refractivity contribution < 1.29 is 42.2 Å². The number of benzene rings is 4. The second kappa shape index (κ2) is 21.7. The lowest BCUT2D eigenvalue weighted by molar-refractivity contribution is -0.133. The van der Waals surface area contributed by atoms with Crippen molar-refractivity contribution in [2.45, 2.75) is 20.0 Å². The Morgan fingerprint density at radius 2 is 1.55 bits per heavy atom. The molecule has 1 aliphatic heterocycles. The number of amides is 5. The zero-order chi connectivity index (χ0) is 46.6. The van der Waals surface area contributed by atoms with Crippen LogP contribution in [-0.4, -0.2) is 119 Å². The average Bonchev–Trinajstić information content (AvgIpc) is 3.32. The van der Waals surface area contributed by atoms with E-state index in [0.717, 1.165) is 5.56 Å². The average molecular weight is 901 g/mol. The Morgan fingerprint density at radius 3 is 2.30 bits per heavy atom. The number of H-pyrrole nitrogens is 1. The van der Waals surface area contributed by atoms with E-state index in [4.69, 9.17) is 9.47 Å². The highest BCUT2D eigenvalue weighted by atomic mass is 19.1. The van der Waals surface area contributed by atoms with Crippen molar-refractivity contribution in [3.63, 3.8) is 0 Å². The van der Waals surface area contributed by atoms with Gasteiger partial charge in [-0.25, -0.2) is 23.7 Å². The first kappa shape index (κ1) is 46.1. The smallest absolute Gasteiger partial charge is 0.410 e. The summed E-state index contributed by atoms with van der Waals surface area (Å²) in [5.74, 6) is -3.12. The molecule has 2 aromatic heterocycles. The number of rotatable bonds is 16. The first-order valence-corrected chi connectivity index (χ1v) is 21.1. The van der Waals surface area contributed by atoms with Gasteiger partial charge >= 0.3 is 6.09 Å². The maximum Gasteiger partial charge on any atom is 0.410 e. The molecular formula is C48H46F2N8O8. The van der Waals surface area contributed by atoms with Crippen LogP contribution in [0.15, 0.2) is 114 Å². The molecule has 6 aromatic rings. The number of nitrogens with one attached hydrogen (secondary N) is 3. The molecule has 1 fully saturated rings. The van der Waals surface area contributed by atoms with Crippen LogP contribution >= 0.6 is 0 Å². The number of anilines is 1. The van der Waals surface area contributed by atoms with Crippen molar-refractivity contribution in [1.82, 2.24) is 35.2 Å². The van der Waals surface area contributed by atoms with Crippen molar-refractivity contribution in [3.8, 4) is 11.1 Å². The highest BCUT2D eigenvalue weighted by Crippen LogP contribution is 2.25. The summed E-state index contributed by atoms with van der Waals surface area (Å²) in [5.41, 5.74) is 2.54. The number of ether oxygens (including phenoxy) is 2. The zero-order valence-corrected chi connectivity index (χ0v) is 35.9. The predicted octanol–water partition coefficient (Wildman–Crippen LogP) is 5.18. The van der Waals surface area contributed by atoms with E-state index in [-0.39, 0.29) is 94.6 Å². The number of fused-ring (bicyclic) bond motifs is 1. The number of piperazine rings is 1. The fourth-order valence-corrected chi connectivity index (χ4v) is 7.34. The van der Waals surface area contributed by atoms with E-state index < -0.39 is 41.4 Å². The van der Waals surface area contributed by atoms with Gasteiger partial charge in [-0.15, -0.1) is 0 Å². The van der Waals surface area contributed by atoms with Gasteiger partial charge in [0.15, 0.2) is 5.69 Å². The number of pyridine rings is 1. The molecule has 0 aliphatic carbocycles. The molecule has 5 amide bonds. The van der Waals surface area contributed by atoms with E-state index in [1.54, 1.807) is 60.7 Å². The van der Waals surface area contributed by atoms with Gasteiger partial charge in [0.25, 0.3) is 17.4 Å². The minimum Gasteiger partial charge on any atom is -0.445 e. The zero-order valence-electron chi connectivity index (χ0n) is 35.9. The third-order valence-corrected chi connectivity index (χ3v) is 10.7. The van der Waals surface area contributed by atoms with E-state index in [2.05, 4.69) is 25.8 Å². The molecule has 0 unspecified atom stereocenters. The van der Waals surface area contributed by atoms with Crippen LogP contribution in [0.3, 0.4) is 0 Å². The number of halogens is 2. The summed E-state index contributed by atoms with van der Waals surface area (Å²) in [4.78, 5) is 86.3. The third-order valence-electron chi connectivity index (χ3n) is 10.7. The number of carbonyl (C=O) groups is 5. The van der Waals surface area contributed by atoms with Crippen LogP contribution in [0.5, 0.6) is 0 Å². The molecule has 0 bridgehead atoms. The molecule has 7 rings (SSSR count). The molecule has 3 heterocycles. The van der Waals surface area contributed by atoms with E-state index in [0.29, 0.717) is 33.2 Å². The third kappa shape index (κ3) is 11.8. The highest BCUT2D eigenvalue weighted by molar-refractivity contribution is 6.02. The second-order valence-corrected chi connectivity index (χ2v) is 15.4. The SMILES string of the molecule is CC(=O)Nc1cc(-c2cccc(F)c2)cnc1C(=O)NCCOCCN(CC(=O)N1CCN(C(=O)c2cc(Cc3n[nH]c(=O)c4ccccc34)ccc2F)CC1)C(=O)OCc1ccccc1. The van der Waals surface area contributed by atoms with Gasteiger partial charge in [-0.05, 0) is 53.1 Å². The van der Waals surface area contributed by atoms with Crippen LogP contribution in [0.4, 0.5) is 19.3 Å². The highest BCUT2D eigenvalue weighted by Gasteiger charge is 2.29. The predicted molar refractivity (Wildman–Crippen MR) is 239 cm³/mol. The molecule has 0 spiro atoms. The van der Waals surface area contributed by atoms with E-state index in [1.807, 2.05) is 6.07 Å². The number of nitrogens with zero attached hydrogens (tertiary/aromatic N) is 5. The quantitative estimate of drug-likeness (QED) is 0.109. The molecular weight excluding hydrogens is 855 g/mol. The second-order valence-electron chi connectivity index (χ2n) is 15.4. The summed E-state index contributed by atoms with van der Waals surface area (Å²) in [6.07, 6.45) is 0.886. The van der Waals surface area contributed by atoms with E-state index in [1.165, 1.54) is 64.2 Å². The molecule has 16 nitrogen and oxygen atoms in total. The summed E-state index contributed by atoms with van der Waals surface area (Å²) >= 11 is 0. The molecule has 0 saturated carbocycles. The monoisotopic (exact) mass is 900 g/mol. The Bertz CT molecular complexity index is 2800. The number of carbonyl (C=O) groups excluding carboxylic acids is 5. The minimum atomic E-state index is -0.753. The Kier molecular flexibility index (Phi) is 15.2. The van der Waals surface area contributed by atoms with Crippen LogP contribution in [-0.2, 0) is 32.1 Å². The first-order valence-electron chi connectivity index (χ1n) is 21.1. The molecule has 66 heavy (non-hydrogen) atoms. The largest absolute Gasteiger partial charge is 0.445 e. The van der Waals surface area contributed by atoms with Crippen LogP contribution < -0.4 is 16.2 Å². The van der Waals surface area contributed by atoms with Gasteiger partial charge in [-0.3, -0.25) is 28.9 Å². The first-order chi connectivity index (χ1) is 31.9. The van der Waals surface area contributed by atoms with Crippen molar-refractivity contribution >= 4 is 46.2 Å². The summed E-state index contributed by atoms with van der Waals surface area (Å²) in [6.45, 7) is 1.38. The van der Waals surface area contributed by atoms with Crippen LogP contribution in [0.25, 0.3) is 21.9 Å². The molecule has 1 saturated heterocycles. The van der Waals surface area contributed by atoms with E-state index >= 15 is 4.39 Å². The summed E-state index contributed by atoms with van der Waals surface area (Å²) in [7, 11) is 0. The van der Waals surface area contributed by atoms with Crippen molar-refractivity contribution in [3.05, 3.63) is 159 Å². The van der Waals surface area contributed by atoms with Gasteiger partial charge in [-0.2, -0.15) is 5.10 Å². The standard InChI is InChI=1S/C48H46F2N8O8/c1-31(59)53-42-27-35(34-10-7-11-36(49)26-34)28-52-44(42)46(62)51-16-22-65-23-21-58(48(64)66-30-32-8-3-2-4-9-32)29-43(60)56-17-19-57(20-18-56)47(63)39-24-33(14-15-40(39)50)25-41-37-12-5-6-13-38(37)45(61)55-54-41/h2-15,24,26-28H,16-23,25,29-30H2,1H3,(H,51,62)(H,53,59)(H,55,61). The van der Waals surface area contributed by atoms with Gasteiger partial charge in [0.05, 0.1) is 35.5 Å². The summed E-state index contributed by atoms with van der Waals surface area (Å²) < 4.78 is 40.3. The van der Waals surface area contributed by atoms with Gasteiger partial charge in [0, 0.05) is 69.8 Å². The maximum atomic E-state index is 15.1. The maximum absolute atomic E-state index is 15.1. The molecule has 18 heteroatoms. The normalized spacial score (nSPS) is 12.4.